The number of phenols is 1. The van der Waals surface area contributed by atoms with Crippen LogP contribution in [-0.4, -0.2) is 13.5 Å². The van der Waals surface area contributed by atoms with E-state index in [4.69, 9.17) is 17.1 Å². The van der Waals surface area contributed by atoms with Crippen LogP contribution in [0.4, 0.5) is 0 Å². The lowest BCUT2D eigenvalue weighted by atomic mass is 10.3. The summed E-state index contributed by atoms with van der Waals surface area (Å²) in [7, 11) is -4.19. The van der Waals surface area contributed by atoms with Crippen molar-refractivity contribution in [2.45, 2.75) is 4.90 Å². The lowest BCUT2D eigenvalue weighted by molar-refractivity contribution is 0.459. The summed E-state index contributed by atoms with van der Waals surface area (Å²) in [6, 6.07) is 3.41. The third-order valence-electron chi connectivity index (χ3n) is 1.34. The molecule has 0 bridgehead atoms. The molecule has 0 saturated carbocycles. The Morgan fingerprint density at radius 2 is 2.14 bits per heavy atom. The number of hydrogen-bond donors (Lipinski definition) is 1. The molecule has 74 valence electrons. The van der Waals surface area contributed by atoms with E-state index in [1.54, 1.807) is 0 Å². The Labute approximate surface area is 84.4 Å². The first-order valence-electron chi connectivity index (χ1n) is 3.27. The summed E-state index contributed by atoms with van der Waals surface area (Å²) in [5.41, 5.74) is 7.99. The summed E-state index contributed by atoms with van der Waals surface area (Å²) in [6.07, 6.45) is 0. The van der Waals surface area contributed by atoms with Gasteiger partial charge in [0.2, 0.25) is 0 Å². The quantitative estimate of drug-likeness (QED) is 0.480. The minimum atomic E-state index is -4.19. The van der Waals surface area contributed by atoms with E-state index in [0.717, 1.165) is 12.1 Å². The van der Waals surface area contributed by atoms with Gasteiger partial charge in [0.05, 0.1) is 0 Å². The van der Waals surface area contributed by atoms with Gasteiger partial charge in [0.15, 0.2) is 0 Å². The normalized spacial score (nSPS) is 10.6. The van der Waals surface area contributed by atoms with Crippen molar-refractivity contribution in [3.05, 3.63) is 33.7 Å². The van der Waals surface area contributed by atoms with Crippen LogP contribution in [0.2, 0.25) is 5.02 Å². The molecule has 0 fully saturated rings. The summed E-state index contributed by atoms with van der Waals surface area (Å²) in [4.78, 5) is 1.63. The fraction of sp³-hybridized carbons (Fsp3) is 0. The zero-order valence-corrected chi connectivity index (χ0v) is 8.20. The molecule has 1 rings (SSSR count). The molecular formula is C6H4ClN3O3S. The molecule has 0 radical (unpaired) electrons. The van der Waals surface area contributed by atoms with E-state index in [9.17, 15) is 13.5 Å². The maximum atomic E-state index is 11.2. The largest absolute Gasteiger partial charge is 0.507 e. The highest BCUT2D eigenvalue weighted by molar-refractivity contribution is 7.90. The second-order valence-electron chi connectivity index (χ2n) is 2.26. The number of nitrogens with zero attached hydrogens (tertiary/aromatic N) is 3. The monoisotopic (exact) mass is 233 g/mol. The van der Waals surface area contributed by atoms with Crippen molar-refractivity contribution >= 4 is 21.6 Å². The molecule has 1 aromatic rings. The molecule has 0 unspecified atom stereocenters. The predicted octanol–water partition coefficient (Wildman–Crippen LogP) is 2.04. The molecule has 6 nitrogen and oxygen atoms in total. The molecule has 0 spiro atoms. The van der Waals surface area contributed by atoms with Gasteiger partial charge in [-0.25, -0.2) is 8.42 Å². The second-order valence-corrected chi connectivity index (χ2v) is 4.25. The number of hydrogen-bond acceptors (Lipinski definition) is 3. The third-order valence-corrected chi connectivity index (χ3v) is 2.75. The molecule has 0 aromatic heterocycles. The fourth-order valence-electron chi connectivity index (χ4n) is 0.787. The lowest BCUT2D eigenvalue weighted by Crippen LogP contribution is -1.95. The second kappa shape index (κ2) is 3.75. The summed E-state index contributed by atoms with van der Waals surface area (Å²) in [5, 5.41) is 9.30. The molecule has 0 atom stereocenters. The van der Waals surface area contributed by atoms with E-state index in [1.165, 1.54) is 6.07 Å². The van der Waals surface area contributed by atoms with Gasteiger partial charge < -0.3 is 5.11 Å². The molecule has 0 aliphatic rings. The topological polar surface area (TPSA) is 103 Å². The van der Waals surface area contributed by atoms with Crippen LogP contribution in [-0.2, 0) is 10.0 Å². The first-order valence-corrected chi connectivity index (χ1v) is 5.09. The van der Waals surface area contributed by atoms with Crippen LogP contribution < -0.4 is 0 Å². The average Bonchev–Trinajstić information content (AvgIpc) is 2.09. The maximum Gasteiger partial charge on any atom is 0.268 e. The molecule has 14 heavy (non-hydrogen) atoms. The summed E-state index contributed by atoms with van der Waals surface area (Å²) < 4.78 is 24.9. The van der Waals surface area contributed by atoms with Crippen LogP contribution in [0.1, 0.15) is 0 Å². The van der Waals surface area contributed by atoms with Gasteiger partial charge in [-0.3, -0.25) is 0 Å². The van der Waals surface area contributed by atoms with Crippen LogP contribution in [0, 0.1) is 0 Å². The maximum absolute atomic E-state index is 11.2. The Kier molecular flexibility index (Phi) is 2.85. The van der Waals surface area contributed by atoms with Crippen LogP contribution >= 0.6 is 11.6 Å². The first-order chi connectivity index (χ1) is 6.47. The van der Waals surface area contributed by atoms with E-state index in [0.29, 0.717) is 0 Å². The zero-order chi connectivity index (χ0) is 10.8. The zero-order valence-electron chi connectivity index (χ0n) is 6.62. The summed E-state index contributed by atoms with van der Waals surface area (Å²) in [6.45, 7) is 0. The first kappa shape index (κ1) is 10.6. The minimum Gasteiger partial charge on any atom is -0.507 e. The minimum absolute atomic E-state index is 0.120. The van der Waals surface area contributed by atoms with Crippen molar-refractivity contribution in [3.63, 3.8) is 0 Å². The highest BCUT2D eigenvalue weighted by atomic mass is 35.5. The van der Waals surface area contributed by atoms with Crippen molar-refractivity contribution in [1.82, 2.24) is 0 Å². The molecule has 0 aliphatic heterocycles. The Morgan fingerprint density at radius 3 is 2.71 bits per heavy atom. The van der Waals surface area contributed by atoms with Gasteiger partial charge in [0, 0.05) is 14.5 Å². The Morgan fingerprint density at radius 1 is 1.50 bits per heavy atom. The van der Waals surface area contributed by atoms with E-state index < -0.39 is 20.7 Å². The highest BCUT2D eigenvalue weighted by Gasteiger charge is 2.17. The number of halogens is 1. The standard InChI is InChI=1S/C6H4ClN3O3S/c7-4-1-2-5(11)6(3-4)14(12,13)10-9-8/h1-3,11H. The fourth-order valence-corrected chi connectivity index (χ4v) is 1.82. The molecular weight excluding hydrogens is 230 g/mol. The molecule has 8 heteroatoms. The van der Waals surface area contributed by atoms with Gasteiger partial charge in [0.25, 0.3) is 10.0 Å². The number of aromatic hydroxyl groups is 1. The molecule has 1 N–H and O–H groups in total. The molecule has 1 aromatic carbocycles. The Bertz CT molecular complexity index is 507. The van der Waals surface area contributed by atoms with Crippen LogP contribution in [0.3, 0.4) is 0 Å². The number of azide groups is 1. The van der Waals surface area contributed by atoms with Crippen molar-refractivity contribution in [2.24, 2.45) is 4.52 Å². The van der Waals surface area contributed by atoms with E-state index in [-0.39, 0.29) is 5.02 Å². The third kappa shape index (κ3) is 2.08. The smallest absolute Gasteiger partial charge is 0.268 e. The van der Waals surface area contributed by atoms with E-state index in [1.807, 2.05) is 0 Å². The Balaban J connectivity index is 3.46. The van der Waals surface area contributed by atoms with Crippen LogP contribution in [0.25, 0.3) is 10.4 Å². The van der Waals surface area contributed by atoms with Crippen molar-refractivity contribution in [3.8, 4) is 5.75 Å². The number of rotatable bonds is 2. The Hall–Kier alpha value is -1.43. The molecule has 0 saturated heterocycles. The molecule has 0 amide bonds. The van der Waals surface area contributed by atoms with Gasteiger partial charge >= 0.3 is 0 Å². The lowest BCUT2D eigenvalue weighted by Gasteiger charge is -2.00. The van der Waals surface area contributed by atoms with Gasteiger partial charge in [-0.15, -0.1) is 0 Å². The van der Waals surface area contributed by atoms with Gasteiger partial charge in [-0.2, -0.15) is 0 Å². The number of phenolic OH excluding ortho intramolecular Hbond substituents is 1. The van der Waals surface area contributed by atoms with Gasteiger partial charge in [-0.05, 0) is 23.7 Å². The van der Waals surface area contributed by atoms with Gasteiger partial charge in [-0.1, -0.05) is 11.6 Å². The van der Waals surface area contributed by atoms with E-state index in [2.05, 4.69) is 9.43 Å². The highest BCUT2D eigenvalue weighted by Crippen LogP contribution is 2.27. The number of sulfonamides is 1. The summed E-state index contributed by atoms with van der Waals surface area (Å²) in [5.74, 6) is -0.512. The van der Waals surface area contributed by atoms with Gasteiger partial charge in [0.1, 0.15) is 10.6 Å². The van der Waals surface area contributed by atoms with E-state index >= 15 is 0 Å². The average molecular weight is 234 g/mol. The SMILES string of the molecule is [N-]=[N+]=NS(=O)(=O)c1cc(Cl)ccc1O. The van der Waals surface area contributed by atoms with Crippen molar-refractivity contribution in [1.29, 1.82) is 0 Å². The van der Waals surface area contributed by atoms with Crippen molar-refractivity contribution < 1.29 is 13.5 Å². The predicted molar refractivity (Wildman–Crippen MR) is 49.4 cm³/mol. The van der Waals surface area contributed by atoms with Crippen LogP contribution in [0.15, 0.2) is 27.6 Å². The number of benzene rings is 1. The van der Waals surface area contributed by atoms with Crippen molar-refractivity contribution in [2.75, 3.05) is 0 Å². The van der Waals surface area contributed by atoms with Crippen LogP contribution in [0.5, 0.6) is 5.75 Å². The summed E-state index contributed by atoms with van der Waals surface area (Å²) >= 11 is 5.51. The molecule has 0 heterocycles. The molecule has 0 aliphatic carbocycles.